The van der Waals surface area contributed by atoms with Gasteiger partial charge in [-0.25, -0.2) is 4.98 Å². The summed E-state index contributed by atoms with van der Waals surface area (Å²) < 4.78 is 0. The molecule has 1 aromatic heterocycles. The van der Waals surface area contributed by atoms with Crippen LogP contribution in [0.3, 0.4) is 0 Å². The van der Waals surface area contributed by atoms with Crippen molar-refractivity contribution in [1.29, 1.82) is 0 Å². The van der Waals surface area contributed by atoms with Crippen molar-refractivity contribution in [3.05, 3.63) is 11.8 Å². The molecule has 0 radical (unpaired) electrons. The first-order chi connectivity index (χ1) is 7.56. The van der Waals surface area contributed by atoms with E-state index in [1.165, 1.54) is 6.20 Å². The minimum atomic E-state index is -0.546. The van der Waals surface area contributed by atoms with Crippen LogP contribution in [0.15, 0.2) is 6.20 Å². The molecule has 1 aromatic rings. The fourth-order valence-corrected chi connectivity index (χ4v) is 1.90. The maximum atomic E-state index is 11.1. The van der Waals surface area contributed by atoms with Crippen LogP contribution in [0.1, 0.15) is 30.1 Å². The van der Waals surface area contributed by atoms with Gasteiger partial charge in [0.2, 0.25) is 5.95 Å². The van der Waals surface area contributed by atoms with Crippen LogP contribution in [0.4, 0.5) is 11.8 Å². The number of nitrogens with two attached hydrogens (primary N) is 2. The molecule has 1 aliphatic rings. The third-order valence-corrected chi connectivity index (χ3v) is 2.79. The molecule has 5 N–H and O–H groups in total. The van der Waals surface area contributed by atoms with E-state index in [4.69, 9.17) is 11.5 Å². The number of carbonyl (C=O) groups is 1. The second-order valence-corrected chi connectivity index (χ2v) is 4.27. The largest absolute Gasteiger partial charge is 0.368 e. The van der Waals surface area contributed by atoms with Gasteiger partial charge in [0.1, 0.15) is 5.82 Å². The van der Waals surface area contributed by atoms with Crippen LogP contribution in [0.5, 0.6) is 0 Å². The second-order valence-electron chi connectivity index (χ2n) is 4.27. The summed E-state index contributed by atoms with van der Waals surface area (Å²) in [6.45, 7) is 2.18. The smallest absolute Gasteiger partial charge is 0.254 e. The molecule has 0 atom stereocenters. The third-order valence-electron chi connectivity index (χ3n) is 2.79. The van der Waals surface area contributed by atoms with E-state index in [9.17, 15) is 4.79 Å². The Kier molecular flexibility index (Phi) is 2.64. The number of nitrogens with zero attached hydrogens (tertiary/aromatic N) is 2. The number of aromatic nitrogens is 2. The number of rotatable bonds is 3. The van der Waals surface area contributed by atoms with Crippen LogP contribution in [-0.2, 0) is 0 Å². The van der Waals surface area contributed by atoms with Gasteiger partial charge >= 0.3 is 0 Å². The Morgan fingerprint density at radius 3 is 2.81 bits per heavy atom. The summed E-state index contributed by atoms with van der Waals surface area (Å²) in [5.74, 6) is 0.750. The Morgan fingerprint density at radius 2 is 2.25 bits per heavy atom. The van der Waals surface area contributed by atoms with E-state index in [2.05, 4.69) is 22.2 Å². The molecule has 1 fully saturated rings. The summed E-state index contributed by atoms with van der Waals surface area (Å²) in [6.07, 6.45) is 3.50. The van der Waals surface area contributed by atoms with Crippen LogP contribution >= 0.6 is 0 Å². The van der Waals surface area contributed by atoms with Gasteiger partial charge in [0.15, 0.2) is 0 Å². The summed E-state index contributed by atoms with van der Waals surface area (Å²) in [6, 6.07) is 0.349. The fraction of sp³-hybridized carbons (Fsp3) is 0.500. The van der Waals surface area contributed by atoms with Crippen LogP contribution in [0, 0.1) is 5.92 Å². The molecule has 2 rings (SSSR count). The number of carbonyl (C=O) groups excluding carboxylic acids is 1. The molecular weight excluding hydrogens is 206 g/mol. The lowest BCUT2D eigenvalue weighted by Crippen LogP contribution is -2.35. The number of hydrogen-bond donors (Lipinski definition) is 3. The Hall–Kier alpha value is -1.85. The molecular formula is C10H15N5O. The lowest BCUT2D eigenvalue weighted by molar-refractivity contribution is 0.100. The standard InChI is InChI=1S/C10H15N5O/c1-5-2-6(3-5)14-9-7(8(11)16)4-13-10(12)15-9/h4-6H,2-3H2,1H3,(H2,11,16)(H3,12,13,14,15). The Balaban J connectivity index is 2.17. The van der Waals surface area contributed by atoms with Crippen molar-refractivity contribution < 1.29 is 4.79 Å². The number of primary amides is 1. The molecule has 0 aliphatic heterocycles. The van der Waals surface area contributed by atoms with Crippen molar-refractivity contribution in [2.45, 2.75) is 25.8 Å². The minimum Gasteiger partial charge on any atom is -0.368 e. The summed E-state index contributed by atoms with van der Waals surface area (Å²) >= 11 is 0. The number of amides is 1. The topological polar surface area (TPSA) is 107 Å². The first-order valence-electron chi connectivity index (χ1n) is 5.25. The molecule has 1 aliphatic carbocycles. The first-order valence-corrected chi connectivity index (χ1v) is 5.25. The van der Waals surface area contributed by atoms with Crippen LogP contribution in [0.2, 0.25) is 0 Å². The molecule has 86 valence electrons. The highest BCUT2D eigenvalue weighted by atomic mass is 16.1. The molecule has 6 heteroatoms. The molecule has 16 heavy (non-hydrogen) atoms. The highest BCUT2D eigenvalue weighted by Crippen LogP contribution is 2.29. The molecule has 0 unspecified atom stereocenters. The predicted molar refractivity (Wildman–Crippen MR) is 60.8 cm³/mol. The van der Waals surface area contributed by atoms with Crippen molar-refractivity contribution >= 4 is 17.7 Å². The average Bonchev–Trinajstić information content (AvgIpc) is 2.15. The lowest BCUT2D eigenvalue weighted by Gasteiger charge is -2.33. The van der Waals surface area contributed by atoms with E-state index >= 15 is 0 Å². The summed E-state index contributed by atoms with van der Waals surface area (Å²) in [5.41, 5.74) is 11.0. The van der Waals surface area contributed by atoms with Gasteiger partial charge in [-0.2, -0.15) is 4.98 Å². The zero-order valence-corrected chi connectivity index (χ0v) is 9.10. The van der Waals surface area contributed by atoms with Crippen molar-refractivity contribution in [1.82, 2.24) is 9.97 Å². The number of nitrogens with one attached hydrogen (secondary N) is 1. The normalized spacial score (nSPS) is 23.6. The van der Waals surface area contributed by atoms with Crippen LogP contribution in [0.25, 0.3) is 0 Å². The van der Waals surface area contributed by atoms with Gasteiger partial charge in [0, 0.05) is 12.2 Å². The van der Waals surface area contributed by atoms with E-state index in [0.717, 1.165) is 12.8 Å². The van der Waals surface area contributed by atoms with E-state index in [1.54, 1.807) is 0 Å². The predicted octanol–water partition coefficient (Wildman–Crippen LogP) is 0.368. The van der Waals surface area contributed by atoms with E-state index in [-0.39, 0.29) is 11.5 Å². The zero-order chi connectivity index (χ0) is 11.7. The first kappa shape index (κ1) is 10.7. The SMILES string of the molecule is CC1CC(Nc2nc(N)ncc2C(N)=O)C1. The van der Waals surface area contributed by atoms with Gasteiger partial charge in [0.05, 0.1) is 5.56 Å². The lowest BCUT2D eigenvalue weighted by atomic mass is 9.82. The highest BCUT2D eigenvalue weighted by molar-refractivity contribution is 5.97. The van der Waals surface area contributed by atoms with E-state index in [1.807, 2.05) is 0 Å². The van der Waals surface area contributed by atoms with Crippen molar-refractivity contribution in [3.63, 3.8) is 0 Å². The number of anilines is 2. The van der Waals surface area contributed by atoms with Crippen LogP contribution < -0.4 is 16.8 Å². The molecule has 1 amide bonds. The minimum absolute atomic E-state index is 0.139. The monoisotopic (exact) mass is 221 g/mol. The molecule has 1 saturated carbocycles. The maximum absolute atomic E-state index is 11.1. The van der Waals surface area contributed by atoms with Gasteiger partial charge < -0.3 is 16.8 Å². The molecule has 6 nitrogen and oxygen atoms in total. The Bertz CT molecular complexity index is 414. The molecule has 1 heterocycles. The molecule has 0 bridgehead atoms. The quantitative estimate of drug-likeness (QED) is 0.683. The summed E-state index contributed by atoms with van der Waals surface area (Å²) in [5, 5.41) is 3.17. The number of hydrogen-bond acceptors (Lipinski definition) is 5. The van der Waals surface area contributed by atoms with Gasteiger partial charge in [-0.1, -0.05) is 6.92 Å². The molecule has 0 saturated heterocycles. The van der Waals surface area contributed by atoms with E-state index in [0.29, 0.717) is 17.8 Å². The van der Waals surface area contributed by atoms with Crippen LogP contribution in [-0.4, -0.2) is 21.9 Å². The van der Waals surface area contributed by atoms with Crippen molar-refractivity contribution in [2.24, 2.45) is 11.7 Å². The van der Waals surface area contributed by atoms with Gasteiger partial charge in [-0.05, 0) is 18.8 Å². The zero-order valence-electron chi connectivity index (χ0n) is 9.10. The molecule has 0 spiro atoms. The average molecular weight is 221 g/mol. The summed E-state index contributed by atoms with van der Waals surface area (Å²) in [7, 11) is 0. The second kappa shape index (κ2) is 3.96. The van der Waals surface area contributed by atoms with Crippen molar-refractivity contribution in [2.75, 3.05) is 11.1 Å². The Morgan fingerprint density at radius 1 is 1.56 bits per heavy atom. The van der Waals surface area contributed by atoms with Gasteiger partial charge in [0.25, 0.3) is 5.91 Å². The summed E-state index contributed by atoms with van der Waals surface area (Å²) in [4.78, 5) is 18.9. The fourth-order valence-electron chi connectivity index (χ4n) is 1.90. The third kappa shape index (κ3) is 2.05. The number of nitrogen functional groups attached to an aromatic ring is 1. The Labute approximate surface area is 93.4 Å². The van der Waals surface area contributed by atoms with E-state index < -0.39 is 5.91 Å². The van der Waals surface area contributed by atoms with Crippen molar-refractivity contribution in [3.8, 4) is 0 Å². The molecule has 0 aromatic carbocycles. The van der Waals surface area contributed by atoms with Gasteiger partial charge in [-0.15, -0.1) is 0 Å². The maximum Gasteiger partial charge on any atom is 0.254 e. The van der Waals surface area contributed by atoms with Gasteiger partial charge in [-0.3, -0.25) is 4.79 Å². The highest BCUT2D eigenvalue weighted by Gasteiger charge is 2.26.